The van der Waals surface area contributed by atoms with Crippen molar-refractivity contribution >= 4 is 0 Å². The van der Waals surface area contributed by atoms with Crippen molar-refractivity contribution in [3.63, 3.8) is 0 Å². The highest BCUT2D eigenvalue weighted by Gasteiger charge is 1.97. The molecule has 0 spiro atoms. The number of rotatable bonds is 2. The summed E-state index contributed by atoms with van der Waals surface area (Å²) in [5.41, 5.74) is 7.00. The van der Waals surface area contributed by atoms with Gasteiger partial charge in [0.25, 0.3) is 0 Å². The Kier molecular flexibility index (Phi) is 5.36. The second-order valence-corrected chi connectivity index (χ2v) is 5.99. The van der Waals surface area contributed by atoms with Crippen LogP contribution in [-0.4, -0.2) is 0 Å². The highest BCUT2D eigenvalue weighted by Crippen LogP contribution is 2.20. The lowest BCUT2D eigenvalue weighted by Crippen LogP contribution is -1.82. The molecule has 0 aliphatic heterocycles. The molecule has 3 aromatic carbocycles. The van der Waals surface area contributed by atoms with Crippen LogP contribution < -0.4 is 0 Å². The van der Waals surface area contributed by atoms with Gasteiger partial charge in [0.2, 0.25) is 0 Å². The first kappa shape index (κ1) is 16.6. The van der Waals surface area contributed by atoms with Gasteiger partial charge in [0, 0.05) is 17.5 Å². The smallest absolute Gasteiger partial charge is 0.0340 e. The highest BCUT2D eigenvalue weighted by molar-refractivity contribution is 5.64. The molecule has 120 valence electrons. The van der Waals surface area contributed by atoms with Gasteiger partial charge in [0.1, 0.15) is 0 Å². The first-order valence-electron chi connectivity index (χ1n) is 8.42. The molecule has 0 fully saturated rings. The summed E-state index contributed by atoms with van der Waals surface area (Å²) in [6.07, 6.45) is 0.796. The molecule has 0 N–H and O–H groups in total. The number of hydrogen-bond donors (Lipinski definition) is 0. The lowest BCUT2D eigenvalue weighted by molar-refractivity contribution is 1.31. The average molecular weight is 320 g/mol. The molecule has 0 heteroatoms. The zero-order valence-corrected chi connectivity index (χ0v) is 14.6. The monoisotopic (exact) mass is 320 g/mol. The summed E-state index contributed by atoms with van der Waals surface area (Å²) in [5, 5.41) is 0. The van der Waals surface area contributed by atoms with Crippen molar-refractivity contribution in [2.75, 3.05) is 0 Å². The standard InChI is InChI=1S/C25H20/c1-3-4-5-21-8-10-22(11-9-21)12-13-23-14-18-25(19-15-23)24-16-6-20(2)7-17-24/h6-11,14-19H,5H2,1-2H3. The van der Waals surface area contributed by atoms with E-state index in [0.717, 1.165) is 17.5 Å². The third kappa shape index (κ3) is 4.63. The van der Waals surface area contributed by atoms with Gasteiger partial charge in [-0.15, -0.1) is 5.92 Å². The van der Waals surface area contributed by atoms with E-state index in [0.29, 0.717) is 0 Å². The zero-order chi connectivity index (χ0) is 17.5. The Morgan fingerprint density at radius 3 is 1.64 bits per heavy atom. The van der Waals surface area contributed by atoms with Crippen LogP contribution in [0.3, 0.4) is 0 Å². The van der Waals surface area contributed by atoms with E-state index in [2.05, 4.69) is 103 Å². The third-order valence-electron chi connectivity index (χ3n) is 4.04. The van der Waals surface area contributed by atoms with Crippen molar-refractivity contribution in [2.24, 2.45) is 0 Å². The summed E-state index contributed by atoms with van der Waals surface area (Å²) in [6, 6.07) is 25.3. The van der Waals surface area contributed by atoms with Crippen molar-refractivity contribution in [2.45, 2.75) is 20.3 Å². The molecule has 0 aromatic heterocycles. The molecule has 0 atom stereocenters. The Hall–Kier alpha value is -3.22. The summed E-state index contributed by atoms with van der Waals surface area (Å²) < 4.78 is 0. The lowest BCUT2D eigenvalue weighted by atomic mass is 10.0. The molecular weight excluding hydrogens is 300 g/mol. The van der Waals surface area contributed by atoms with E-state index < -0.39 is 0 Å². The summed E-state index contributed by atoms with van der Waals surface area (Å²) >= 11 is 0. The largest absolute Gasteiger partial charge is 0.106 e. The van der Waals surface area contributed by atoms with E-state index in [-0.39, 0.29) is 0 Å². The average Bonchev–Trinajstić information content (AvgIpc) is 2.67. The summed E-state index contributed by atoms with van der Waals surface area (Å²) in [5.74, 6) is 12.5. The predicted octanol–water partition coefficient (Wildman–Crippen LogP) is 5.63. The maximum atomic E-state index is 3.23. The normalized spacial score (nSPS) is 9.52. The van der Waals surface area contributed by atoms with Gasteiger partial charge in [-0.05, 0) is 54.8 Å². The fraction of sp³-hybridized carbons (Fsp3) is 0.120. The Morgan fingerprint density at radius 2 is 1.12 bits per heavy atom. The molecule has 0 saturated heterocycles. The molecule has 0 amide bonds. The summed E-state index contributed by atoms with van der Waals surface area (Å²) in [7, 11) is 0. The summed E-state index contributed by atoms with van der Waals surface area (Å²) in [4.78, 5) is 0. The molecular formula is C25H20. The van der Waals surface area contributed by atoms with Crippen LogP contribution in [0, 0.1) is 30.6 Å². The second-order valence-electron chi connectivity index (χ2n) is 5.99. The maximum Gasteiger partial charge on any atom is 0.0340 e. The fourth-order valence-corrected chi connectivity index (χ4v) is 2.53. The topological polar surface area (TPSA) is 0 Å². The van der Waals surface area contributed by atoms with Crippen LogP contribution in [0.1, 0.15) is 29.2 Å². The lowest BCUT2D eigenvalue weighted by Gasteiger charge is -2.02. The zero-order valence-electron chi connectivity index (χ0n) is 14.6. The molecule has 3 rings (SSSR count). The Labute approximate surface area is 150 Å². The van der Waals surface area contributed by atoms with Gasteiger partial charge in [-0.1, -0.05) is 71.9 Å². The van der Waals surface area contributed by atoms with Crippen LogP contribution in [0.2, 0.25) is 0 Å². The van der Waals surface area contributed by atoms with Gasteiger partial charge in [0.05, 0.1) is 0 Å². The van der Waals surface area contributed by atoms with E-state index in [4.69, 9.17) is 0 Å². The van der Waals surface area contributed by atoms with Crippen LogP contribution >= 0.6 is 0 Å². The SMILES string of the molecule is CC#CCc1ccc(C#Cc2ccc(-c3ccc(C)cc3)cc2)cc1. The molecule has 25 heavy (non-hydrogen) atoms. The highest BCUT2D eigenvalue weighted by atomic mass is 14.0. The molecule has 0 bridgehead atoms. The van der Waals surface area contributed by atoms with Gasteiger partial charge in [-0.2, -0.15) is 0 Å². The number of benzene rings is 3. The number of aryl methyl sites for hydroxylation is 1. The van der Waals surface area contributed by atoms with Crippen molar-refractivity contribution in [3.05, 3.63) is 95.1 Å². The number of hydrogen-bond acceptors (Lipinski definition) is 0. The van der Waals surface area contributed by atoms with Crippen LogP contribution in [0.15, 0.2) is 72.8 Å². The second kappa shape index (κ2) is 8.05. The quantitative estimate of drug-likeness (QED) is 0.537. The van der Waals surface area contributed by atoms with E-state index in [1.165, 1.54) is 22.3 Å². The van der Waals surface area contributed by atoms with Gasteiger partial charge < -0.3 is 0 Å². The van der Waals surface area contributed by atoms with Crippen LogP contribution in [-0.2, 0) is 6.42 Å². The van der Waals surface area contributed by atoms with Gasteiger partial charge in [-0.3, -0.25) is 0 Å². The molecule has 0 radical (unpaired) electrons. The van der Waals surface area contributed by atoms with Crippen molar-refractivity contribution in [1.29, 1.82) is 0 Å². The minimum absolute atomic E-state index is 0.796. The third-order valence-corrected chi connectivity index (χ3v) is 4.04. The first-order chi connectivity index (χ1) is 12.2. The van der Waals surface area contributed by atoms with E-state index in [1.54, 1.807) is 0 Å². The molecule has 0 heterocycles. The van der Waals surface area contributed by atoms with Crippen LogP contribution in [0.5, 0.6) is 0 Å². The van der Waals surface area contributed by atoms with E-state index in [9.17, 15) is 0 Å². The van der Waals surface area contributed by atoms with Crippen LogP contribution in [0.25, 0.3) is 11.1 Å². The Morgan fingerprint density at radius 1 is 0.640 bits per heavy atom. The van der Waals surface area contributed by atoms with Crippen LogP contribution in [0.4, 0.5) is 0 Å². The van der Waals surface area contributed by atoms with Gasteiger partial charge in [0.15, 0.2) is 0 Å². The van der Waals surface area contributed by atoms with E-state index >= 15 is 0 Å². The minimum atomic E-state index is 0.796. The van der Waals surface area contributed by atoms with Crippen molar-refractivity contribution < 1.29 is 0 Å². The molecule has 0 aliphatic rings. The predicted molar refractivity (Wildman–Crippen MR) is 106 cm³/mol. The molecule has 0 unspecified atom stereocenters. The van der Waals surface area contributed by atoms with Crippen molar-refractivity contribution in [3.8, 4) is 34.8 Å². The van der Waals surface area contributed by atoms with Gasteiger partial charge >= 0.3 is 0 Å². The molecule has 0 saturated carbocycles. The summed E-state index contributed by atoms with van der Waals surface area (Å²) in [6.45, 7) is 3.97. The fourth-order valence-electron chi connectivity index (χ4n) is 2.53. The molecule has 0 nitrogen and oxygen atoms in total. The van der Waals surface area contributed by atoms with E-state index in [1.807, 2.05) is 6.92 Å². The minimum Gasteiger partial charge on any atom is -0.106 e. The molecule has 0 aliphatic carbocycles. The Balaban J connectivity index is 1.72. The molecule has 3 aromatic rings. The van der Waals surface area contributed by atoms with Gasteiger partial charge in [-0.25, -0.2) is 0 Å². The first-order valence-corrected chi connectivity index (χ1v) is 8.42. The Bertz CT molecular complexity index is 949. The van der Waals surface area contributed by atoms with Crippen molar-refractivity contribution in [1.82, 2.24) is 0 Å². The maximum absolute atomic E-state index is 3.23.